The first-order valence-corrected chi connectivity index (χ1v) is 4.84. The van der Waals surface area contributed by atoms with E-state index in [1.807, 2.05) is 0 Å². The van der Waals surface area contributed by atoms with Gasteiger partial charge in [-0.1, -0.05) is 48.6 Å². The van der Waals surface area contributed by atoms with Gasteiger partial charge in [-0.2, -0.15) is 0 Å². The Morgan fingerprint density at radius 3 is 1.89 bits per heavy atom. The number of carbonyl (C=O) groups is 2. The normalized spacial score (nSPS) is 8.89. The van der Waals surface area contributed by atoms with Crippen molar-refractivity contribution in [3.63, 3.8) is 0 Å². The van der Waals surface area contributed by atoms with Crippen LogP contribution in [0.4, 0.5) is 0 Å². The molecule has 1 aromatic rings. The smallest absolute Gasteiger partial charge is 0.545 e. The van der Waals surface area contributed by atoms with Gasteiger partial charge in [-0.15, -0.1) is 0 Å². The molecule has 6 heteroatoms. The molecule has 0 fully saturated rings. The molecule has 0 amide bonds. The number of aromatic carboxylic acids is 1. The number of allylic oxidation sites excluding steroid dienone is 3. The summed E-state index contributed by atoms with van der Waals surface area (Å²) in [6, 6.07) is 8.06. The Hall–Kier alpha value is 0.276. The molecule has 0 saturated carbocycles. The molecule has 90 valence electrons. The van der Waals surface area contributed by atoms with Gasteiger partial charge < -0.3 is 19.8 Å². The second-order valence-corrected chi connectivity index (χ2v) is 2.86. The Morgan fingerprint density at radius 2 is 1.58 bits per heavy atom. The molecule has 0 saturated heterocycles. The van der Waals surface area contributed by atoms with E-state index in [4.69, 9.17) is 0 Å². The molecule has 19 heavy (non-hydrogen) atoms. The first-order chi connectivity index (χ1) is 8.07. The Bertz CT molecular complexity index is 416. The molecule has 0 unspecified atom stereocenters. The van der Waals surface area contributed by atoms with E-state index in [9.17, 15) is 19.8 Å². The molecule has 0 atom stereocenters. The van der Waals surface area contributed by atoms with Gasteiger partial charge in [0.05, 0.1) is 11.9 Å². The third-order valence-corrected chi connectivity index (χ3v) is 1.55. The van der Waals surface area contributed by atoms with Gasteiger partial charge in [0.1, 0.15) is 0 Å². The SMILES string of the molecule is C/C=C/C=C/C(=O)[O-].O=C([O-])c1ccccc1.[K+].[Na+]. The van der Waals surface area contributed by atoms with Crippen molar-refractivity contribution in [2.75, 3.05) is 0 Å². The predicted molar refractivity (Wildman–Crippen MR) is 59.7 cm³/mol. The van der Waals surface area contributed by atoms with Crippen LogP contribution in [0.1, 0.15) is 17.3 Å². The molecule has 0 aliphatic carbocycles. The van der Waals surface area contributed by atoms with E-state index < -0.39 is 11.9 Å². The van der Waals surface area contributed by atoms with E-state index in [0.29, 0.717) is 0 Å². The van der Waals surface area contributed by atoms with Gasteiger partial charge in [0.15, 0.2) is 0 Å². The maximum atomic E-state index is 10.1. The van der Waals surface area contributed by atoms with Crippen LogP contribution in [-0.4, -0.2) is 11.9 Å². The number of aliphatic carboxylic acids is 1. The minimum absolute atomic E-state index is 0. The van der Waals surface area contributed by atoms with Gasteiger partial charge in [0.2, 0.25) is 0 Å². The van der Waals surface area contributed by atoms with Crippen LogP contribution in [0.15, 0.2) is 54.6 Å². The van der Waals surface area contributed by atoms with Gasteiger partial charge >= 0.3 is 80.9 Å². The van der Waals surface area contributed by atoms with E-state index in [2.05, 4.69) is 0 Å². The molecule has 0 bridgehead atoms. The summed E-state index contributed by atoms with van der Waals surface area (Å²) in [5.74, 6) is -2.29. The zero-order chi connectivity index (χ0) is 13.1. The Kier molecular flexibility index (Phi) is 20.9. The quantitative estimate of drug-likeness (QED) is 0.316. The maximum absolute atomic E-state index is 10.1. The van der Waals surface area contributed by atoms with Crippen LogP contribution >= 0.6 is 0 Å². The minimum Gasteiger partial charge on any atom is -0.545 e. The van der Waals surface area contributed by atoms with Crippen molar-refractivity contribution in [2.45, 2.75) is 6.92 Å². The number of benzene rings is 1. The summed E-state index contributed by atoms with van der Waals surface area (Å²) in [5, 5.41) is 19.7. The molecule has 4 nitrogen and oxygen atoms in total. The van der Waals surface area contributed by atoms with Crippen molar-refractivity contribution < 1.29 is 101 Å². The molecule has 0 spiro atoms. The number of rotatable bonds is 3. The Balaban J connectivity index is -0.000000246. The Morgan fingerprint density at radius 1 is 1.05 bits per heavy atom. The molecule has 0 aliphatic heterocycles. The van der Waals surface area contributed by atoms with E-state index in [1.165, 1.54) is 18.2 Å². The first kappa shape index (κ1) is 24.3. The van der Waals surface area contributed by atoms with Crippen molar-refractivity contribution >= 4 is 11.9 Å². The summed E-state index contributed by atoms with van der Waals surface area (Å²) >= 11 is 0. The van der Waals surface area contributed by atoms with Crippen LogP contribution in [-0.2, 0) is 4.79 Å². The largest absolute Gasteiger partial charge is 1.00 e. The number of carbonyl (C=O) groups excluding carboxylic acids is 2. The summed E-state index contributed by atoms with van der Waals surface area (Å²) in [6.07, 6.45) is 5.74. The average molecular weight is 294 g/mol. The summed E-state index contributed by atoms with van der Waals surface area (Å²) in [5.41, 5.74) is 0.220. The molecular formula is C13H12KNaO4. The van der Waals surface area contributed by atoms with Gasteiger partial charge in [-0.05, 0) is 18.6 Å². The predicted octanol–water partition coefficient (Wildman–Crippen LogP) is -6.07. The zero-order valence-corrected chi connectivity index (χ0v) is 16.5. The van der Waals surface area contributed by atoms with E-state index in [1.54, 1.807) is 37.3 Å². The van der Waals surface area contributed by atoms with E-state index in [0.717, 1.165) is 6.08 Å². The van der Waals surface area contributed by atoms with Crippen LogP contribution < -0.4 is 91.2 Å². The third-order valence-electron chi connectivity index (χ3n) is 1.55. The topological polar surface area (TPSA) is 80.3 Å². The molecule has 0 aliphatic rings. The third kappa shape index (κ3) is 16.2. The van der Waals surface area contributed by atoms with Crippen molar-refractivity contribution in [3.05, 3.63) is 60.2 Å². The fourth-order valence-electron chi connectivity index (χ4n) is 0.819. The van der Waals surface area contributed by atoms with Crippen molar-refractivity contribution in [1.29, 1.82) is 0 Å². The first-order valence-electron chi connectivity index (χ1n) is 4.84. The fraction of sp³-hybridized carbons (Fsp3) is 0.0769. The van der Waals surface area contributed by atoms with Crippen LogP contribution in [0, 0.1) is 0 Å². The molecule has 0 aromatic heterocycles. The summed E-state index contributed by atoms with van der Waals surface area (Å²) < 4.78 is 0. The number of hydrogen-bond donors (Lipinski definition) is 0. The standard InChI is InChI=1S/C7H6O2.C6H8O2.K.Na/c8-7(9)6-4-2-1-3-5-6;1-2-3-4-5-6(7)8;;/h1-5H,(H,8,9);2-5H,1H3,(H,7,8);;/q;;2*+1/p-2/b;3-2+,5-4+;;. The molecule has 1 rings (SSSR count). The van der Waals surface area contributed by atoms with Crippen LogP contribution in [0.25, 0.3) is 0 Å². The van der Waals surface area contributed by atoms with Gasteiger partial charge in [0.25, 0.3) is 0 Å². The number of carboxylic acids is 2. The monoisotopic (exact) mass is 294 g/mol. The molecular weight excluding hydrogens is 282 g/mol. The van der Waals surface area contributed by atoms with Gasteiger partial charge in [-0.25, -0.2) is 0 Å². The number of carboxylic acid groups (broad SMARTS) is 2. The maximum Gasteiger partial charge on any atom is 1.00 e. The molecule has 1 aromatic carbocycles. The van der Waals surface area contributed by atoms with Gasteiger partial charge in [0, 0.05) is 0 Å². The summed E-state index contributed by atoms with van der Waals surface area (Å²) in [7, 11) is 0. The second-order valence-electron chi connectivity index (χ2n) is 2.86. The molecule has 0 N–H and O–H groups in total. The summed E-state index contributed by atoms with van der Waals surface area (Å²) in [6.45, 7) is 1.81. The van der Waals surface area contributed by atoms with Crippen molar-refractivity contribution in [2.24, 2.45) is 0 Å². The molecule has 0 heterocycles. The Labute approximate surface area is 177 Å². The van der Waals surface area contributed by atoms with Crippen LogP contribution in [0.2, 0.25) is 0 Å². The van der Waals surface area contributed by atoms with Crippen molar-refractivity contribution in [3.8, 4) is 0 Å². The zero-order valence-electron chi connectivity index (χ0n) is 11.3. The van der Waals surface area contributed by atoms with Crippen LogP contribution in [0.3, 0.4) is 0 Å². The van der Waals surface area contributed by atoms with Gasteiger partial charge in [-0.3, -0.25) is 0 Å². The molecule has 0 radical (unpaired) electrons. The van der Waals surface area contributed by atoms with E-state index >= 15 is 0 Å². The van der Waals surface area contributed by atoms with Crippen molar-refractivity contribution in [1.82, 2.24) is 0 Å². The minimum atomic E-state index is -1.16. The number of hydrogen-bond acceptors (Lipinski definition) is 4. The second kappa shape index (κ2) is 16.3. The van der Waals surface area contributed by atoms with E-state index in [-0.39, 0.29) is 86.5 Å². The average Bonchev–Trinajstić information content (AvgIpc) is 2.31. The summed E-state index contributed by atoms with van der Waals surface area (Å²) in [4.78, 5) is 19.7. The fourth-order valence-corrected chi connectivity index (χ4v) is 0.819. The van der Waals surface area contributed by atoms with Crippen LogP contribution in [0.5, 0.6) is 0 Å².